The third-order valence-corrected chi connectivity index (χ3v) is 8.20. The maximum Gasteiger partial charge on any atom is 0.264 e. The van der Waals surface area contributed by atoms with Gasteiger partial charge in [0.1, 0.15) is 18.3 Å². The van der Waals surface area contributed by atoms with Gasteiger partial charge in [0.05, 0.1) is 17.2 Å². The van der Waals surface area contributed by atoms with Crippen LogP contribution < -0.4 is 14.4 Å². The zero-order valence-electron chi connectivity index (χ0n) is 23.7. The molecule has 214 valence electrons. The van der Waals surface area contributed by atoms with Gasteiger partial charge in [-0.2, -0.15) is 0 Å². The molecule has 0 spiro atoms. The highest BCUT2D eigenvalue weighted by Gasteiger charge is 2.33. The van der Waals surface area contributed by atoms with Gasteiger partial charge in [0.2, 0.25) is 11.8 Å². The lowest BCUT2D eigenvalue weighted by Crippen LogP contribution is -2.52. The van der Waals surface area contributed by atoms with Gasteiger partial charge in [0.25, 0.3) is 10.0 Å². The van der Waals surface area contributed by atoms with Crippen LogP contribution in [0.2, 0.25) is 0 Å². The van der Waals surface area contributed by atoms with E-state index in [1.54, 1.807) is 42.5 Å². The van der Waals surface area contributed by atoms with Crippen LogP contribution in [-0.2, 0) is 26.2 Å². The Bertz CT molecular complexity index is 1360. The van der Waals surface area contributed by atoms with Crippen molar-refractivity contribution < 1.29 is 22.7 Å². The quantitative estimate of drug-likeness (QED) is 0.299. The smallest absolute Gasteiger partial charge is 0.264 e. The Kier molecular flexibility index (Phi) is 11.1. The van der Waals surface area contributed by atoms with Gasteiger partial charge in [-0.05, 0) is 68.7 Å². The molecule has 1 unspecified atom stereocenters. The Hall–Kier alpha value is -3.85. The van der Waals surface area contributed by atoms with Crippen molar-refractivity contribution in [2.45, 2.75) is 58.0 Å². The molecule has 3 aromatic rings. The van der Waals surface area contributed by atoms with Crippen molar-refractivity contribution in [1.82, 2.24) is 10.2 Å². The van der Waals surface area contributed by atoms with E-state index in [1.807, 2.05) is 52.0 Å². The minimum atomic E-state index is -4.11. The summed E-state index contributed by atoms with van der Waals surface area (Å²) in [6.45, 7) is 8.27. The second-order valence-electron chi connectivity index (χ2n) is 9.48. The number of nitrogens with one attached hydrogen (secondary N) is 1. The van der Waals surface area contributed by atoms with E-state index in [4.69, 9.17) is 4.74 Å². The molecule has 0 radical (unpaired) electrons. The zero-order valence-corrected chi connectivity index (χ0v) is 24.5. The highest BCUT2D eigenvalue weighted by atomic mass is 32.2. The van der Waals surface area contributed by atoms with Gasteiger partial charge < -0.3 is 15.0 Å². The molecule has 40 heavy (non-hydrogen) atoms. The molecule has 0 aliphatic rings. The minimum Gasteiger partial charge on any atom is -0.494 e. The molecule has 0 aliphatic carbocycles. The highest BCUT2D eigenvalue weighted by Crippen LogP contribution is 2.27. The summed E-state index contributed by atoms with van der Waals surface area (Å²) in [4.78, 5) is 28.8. The Balaban J connectivity index is 2.04. The van der Waals surface area contributed by atoms with E-state index in [2.05, 4.69) is 5.32 Å². The number of sulfonamides is 1. The molecular formula is C31H39N3O5S. The Morgan fingerprint density at radius 3 is 2.23 bits per heavy atom. The molecular weight excluding hydrogens is 526 g/mol. The molecule has 8 nitrogen and oxygen atoms in total. The van der Waals surface area contributed by atoms with E-state index in [1.165, 1.54) is 17.0 Å². The van der Waals surface area contributed by atoms with Crippen molar-refractivity contribution in [1.29, 1.82) is 0 Å². The van der Waals surface area contributed by atoms with Crippen LogP contribution in [0, 0.1) is 6.92 Å². The Morgan fingerprint density at radius 2 is 1.62 bits per heavy atom. The van der Waals surface area contributed by atoms with Gasteiger partial charge in [-0.15, -0.1) is 0 Å². The number of carbonyl (C=O) groups is 2. The van der Waals surface area contributed by atoms with Crippen molar-refractivity contribution in [2.24, 2.45) is 0 Å². The van der Waals surface area contributed by atoms with Crippen LogP contribution in [0.15, 0.2) is 83.8 Å². The maximum absolute atomic E-state index is 14.1. The zero-order chi connectivity index (χ0) is 29.1. The number of nitrogens with zero attached hydrogens (tertiary/aromatic N) is 2. The van der Waals surface area contributed by atoms with Crippen LogP contribution in [0.1, 0.15) is 44.7 Å². The number of hydrogen-bond acceptors (Lipinski definition) is 5. The molecule has 0 saturated carbocycles. The summed E-state index contributed by atoms with van der Waals surface area (Å²) in [5.41, 5.74) is 2.20. The first-order valence-corrected chi connectivity index (χ1v) is 15.1. The summed E-state index contributed by atoms with van der Waals surface area (Å²) >= 11 is 0. The fraction of sp³-hybridized carbons (Fsp3) is 0.355. The molecule has 3 rings (SSSR count). The third kappa shape index (κ3) is 7.85. The summed E-state index contributed by atoms with van der Waals surface area (Å²) < 4.78 is 34.3. The average molecular weight is 566 g/mol. The van der Waals surface area contributed by atoms with Crippen molar-refractivity contribution in [3.05, 3.63) is 90.0 Å². The second kappa shape index (κ2) is 14.5. The molecule has 0 saturated heterocycles. The monoisotopic (exact) mass is 565 g/mol. The van der Waals surface area contributed by atoms with Crippen LogP contribution in [0.25, 0.3) is 0 Å². The second-order valence-corrected chi connectivity index (χ2v) is 11.3. The summed E-state index contributed by atoms with van der Waals surface area (Å²) in [5, 5.41) is 2.90. The lowest BCUT2D eigenvalue weighted by atomic mass is 10.1. The molecule has 3 aromatic carbocycles. The maximum atomic E-state index is 14.1. The predicted octanol–water partition coefficient (Wildman–Crippen LogP) is 4.92. The number of rotatable bonds is 14. The van der Waals surface area contributed by atoms with E-state index in [-0.39, 0.29) is 17.3 Å². The van der Waals surface area contributed by atoms with Crippen LogP contribution in [-0.4, -0.2) is 50.9 Å². The fourth-order valence-electron chi connectivity index (χ4n) is 4.42. The molecule has 2 amide bonds. The van der Waals surface area contributed by atoms with Crippen molar-refractivity contribution in [3.8, 4) is 5.75 Å². The molecule has 0 bridgehead atoms. The molecule has 1 atom stereocenters. The number of aryl methyl sites for hydroxylation is 1. The van der Waals surface area contributed by atoms with Crippen LogP contribution in [0.3, 0.4) is 0 Å². The number of benzene rings is 3. The van der Waals surface area contributed by atoms with Crippen molar-refractivity contribution in [3.63, 3.8) is 0 Å². The standard InChI is InChI=1S/C31H39N3O5S/c1-5-20-32-31(36)29(6-2)33(22-25-13-11-12-24(4)21-25)30(35)23-34(26-16-18-27(19-17-26)39-7-3)40(37,38)28-14-9-8-10-15-28/h8-19,21,29H,5-7,20,22-23H2,1-4H3,(H,32,36). The number of ether oxygens (including phenoxy) is 1. The SMILES string of the molecule is CCCNC(=O)C(CC)N(Cc1cccc(C)c1)C(=O)CN(c1ccc(OCC)cc1)S(=O)(=O)c1ccccc1. The molecule has 0 aliphatic heterocycles. The topological polar surface area (TPSA) is 96.0 Å². The highest BCUT2D eigenvalue weighted by molar-refractivity contribution is 7.92. The van der Waals surface area contributed by atoms with Crippen LogP contribution in [0.5, 0.6) is 5.75 Å². The van der Waals surface area contributed by atoms with Crippen molar-refractivity contribution >= 4 is 27.5 Å². The van der Waals surface area contributed by atoms with E-state index in [0.29, 0.717) is 31.0 Å². The Labute approximate surface area is 238 Å². The van der Waals surface area contributed by atoms with E-state index >= 15 is 0 Å². The first-order chi connectivity index (χ1) is 19.2. The number of anilines is 1. The third-order valence-electron chi connectivity index (χ3n) is 6.42. The molecule has 0 fully saturated rings. The van der Waals surface area contributed by atoms with E-state index in [9.17, 15) is 18.0 Å². The first kappa shape index (κ1) is 30.7. The lowest BCUT2D eigenvalue weighted by Gasteiger charge is -2.33. The van der Waals surface area contributed by atoms with Gasteiger partial charge in [-0.1, -0.05) is 61.9 Å². The largest absolute Gasteiger partial charge is 0.494 e. The molecule has 0 aromatic heterocycles. The summed E-state index contributed by atoms with van der Waals surface area (Å²) in [5.74, 6) is -0.147. The molecule has 0 heterocycles. The number of hydrogen-bond donors (Lipinski definition) is 1. The van der Waals surface area contributed by atoms with E-state index < -0.39 is 28.5 Å². The van der Waals surface area contributed by atoms with Gasteiger partial charge in [0, 0.05) is 13.1 Å². The first-order valence-electron chi connectivity index (χ1n) is 13.6. The minimum absolute atomic E-state index is 0.0645. The normalized spacial score (nSPS) is 11.9. The van der Waals surface area contributed by atoms with Crippen molar-refractivity contribution in [2.75, 3.05) is 24.0 Å². The van der Waals surface area contributed by atoms with Crippen LogP contribution >= 0.6 is 0 Å². The molecule has 9 heteroatoms. The van der Waals surface area contributed by atoms with Crippen LogP contribution in [0.4, 0.5) is 5.69 Å². The van der Waals surface area contributed by atoms with Gasteiger partial charge in [-0.3, -0.25) is 13.9 Å². The summed E-state index contributed by atoms with van der Waals surface area (Å²) in [7, 11) is -4.11. The fourth-order valence-corrected chi connectivity index (χ4v) is 5.85. The average Bonchev–Trinajstić information content (AvgIpc) is 2.95. The Morgan fingerprint density at radius 1 is 0.925 bits per heavy atom. The van der Waals surface area contributed by atoms with E-state index in [0.717, 1.165) is 21.9 Å². The predicted molar refractivity (Wildman–Crippen MR) is 158 cm³/mol. The van der Waals surface area contributed by atoms with Gasteiger partial charge in [-0.25, -0.2) is 8.42 Å². The molecule has 1 N–H and O–H groups in total. The summed E-state index contributed by atoms with van der Waals surface area (Å²) in [6, 6.07) is 21.6. The van der Waals surface area contributed by atoms with Gasteiger partial charge >= 0.3 is 0 Å². The number of amides is 2. The number of carbonyl (C=O) groups excluding carboxylic acids is 2. The summed E-state index contributed by atoms with van der Waals surface area (Å²) in [6.07, 6.45) is 1.14. The van der Waals surface area contributed by atoms with Gasteiger partial charge in [0.15, 0.2) is 0 Å². The lowest BCUT2D eigenvalue weighted by molar-refractivity contribution is -0.140.